The summed E-state index contributed by atoms with van der Waals surface area (Å²) in [5.41, 5.74) is 6.77. The van der Waals surface area contributed by atoms with Gasteiger partial charge in [0.1, 0.15) is 0 Å². The smallest absolute Gasteiger partial charge is 0.0516 e. The van der Waals surface area contributed by atoms with Gasteiger partial charge in [0.05, 0.1) is 6.04 Å². The zero-order valence-electron chi connectivity index (χ0n) is 12.0. The molecule has 2 heteroatoms. The minimum absolute atomic E-state index is 0.444. The molecule has 0 aromatic heterocycles. The van der Waals surface area contributed by atoms with Crippen molar-refractivity contribution in [3.8, 4) is 0 Å². The van der Waals surface area contributed by atoms with Gasteiger partial charge in [0.25, 0.3) is 0 Å². The number of nitrogens with one attached hydrogen (secondary N) is 1. The number of rotatable bonds is 2. The fraction of sp³-hybridized carbons (Fsp3) is 0.333. The van der Waals surface area contributed by atoms with Gasteiger partial charge >= 0.3 is 0 Å². The van der Waals surface area contributed by atoms with Gasteiger partial charge in [-0.15, -0.1) is 0 Å². The molecule has 0 bridgehead atoms. The molecule has 0 spiro atoms. The third-order valence-electron chi connectivity index (χ3n) is 4.15. The molecule has 0 radical (unpaired) electrons. The molecule has 0 amide bonds. The molecule has 0 saturated carbocycles. The lowest BCUT2D eigenvalue weighted by atomic mass is 9.87. The number of hydrogen-bond acceptors (Lipinski definition) is 1. The van der Waals surface area contributed by atoms with Crippen molar-refractivity contribution in [3.05, 3.63) is 63.1 Å². The van der Waals surface area contributed by atoms with Crippen molar-refractivity contribution >= 4 is 21.6 Å². The molecule has 1 atom stereocenters. The Kier molecular flexibility index (Phi) is 3.84. The first-order valence-corrected chi connectivity index (χ1v) is 8.05. The van der Waals surface area contributed by atoms with Crippen LogP contribution < -0.4 is 5.32 Å². The Morgan fingerprint density at radius 3 is 2.55 bits per heavy atom. The molecule has 0 aliphatic heterocycles. The van der Waals surface area contributed by atoms with Crippen LogP contribution in [0.25, 0.3) is 0 Å². The molecule has 1 nitrogen and oxygen atoms in total. The Morgan fingerprint density at radius 2 is 1.80 bits per heavy atom. The van der Waals surface area contributed by atoms with E-state index in [-0.39, 0.29) is 0 Å². The van der Waals surface area contributed by atoms with Crippen LogP contribution in [0.3, 0.4) is 0 Å². The molecule has 0 fully saturated rings. The van der Waals surface area contributed by atoms with Crippen molar-refractivity contribution in [3.63, 3.8) is 0 Å². The van der Waals surface area contributed by atoms with E-state index in [9.17, 15) is 0 Å². The van der Waals surface area contributed by atoms with Crippen molar-refractivity contribution in [2.45, 2.75) is 39.2 Å². The lowest BCUT2D eigenvalue weighted by Gasteiger charge is -2.27. The molecule has 3 rings (SSSR count). The summed E-state index contributed by atoms with van der Waals surface area (Å²) in [4.78, 5) is 0. The molecule has 1 N–H and O–H groups in total. The molecule has 0 saturated heterocycles. The van der Waals surface area contributed by atoms with Crippen molar-refractivity contribution in [1.82, 2.24) is 0 Å². The van der Waals surface area contributed by atoms with Gasteiger partial charge in [-0.3, -0.25) is 0 Å². The monoisotopic (exact) mass is 329 g/mol. The number of benzene rings is 2. The van der Waals surface area contributed by atoms with Crippen molar-refractivity contribution in [2.75, 3.05) is 5.32 Å². The lowest BCUT2D eigenvalue weighted by molar-refractivity contribution is 0.600. The van der Waals surface area contributed by atoms with E-state index in [1.54, 1.807) is 0 Å². The van der Waals surface area contributed by atoms with Gasteiger partial charge in [-0.25, -0.2) is 0 Å². The van der Waals surface area contributed by atoms with E-state index in [2.05, 4.69) is 71.5 Å². The highest BCUT2D eigenvalue weighted by molar-refractivity contribution is 9.10. The molecular formula is C18H20BrN. The summed E-state index contributed by atoms with van der Waals surface area (Å²) in [6.07, 6.45) is 3.70. The predicted molar refractivity (Wildman–Crippen MR) is 89.4 cm³/mol. The summed E-state index contributed by atoms with van der Waals surface area (Å²) >= 11 is 3.64. The van der Waals surface area contributed by atoms with Gasteiger partial charge in [-0.1, -0.05) is 40.2 Å². The fourth-order valence-electron chi connectivity index (χ4n) is 3.13. The summed E-state index contributed by atoms with van der Waals surface area (Å²) in [5, 5.41) is 3.73. The molecule has 0 heterocycles. The largest absolute Gasteiger partial charge is 0.378 e. The number of hydrogen-bond donors (Lipinski definition) is 1. The third kappa shape index (κ3) is 2.62. The predicted octanol–water partition coefficient (Wildman–Crippen LogP) is 5.56. The van der Waals surface area contributed by atoms with E-state index in [0.717, 1.165) is 0 Å². The van der Waals surface area contributed by atoms with Gasteiger partial charge in [-0.2, -0.15) is 0 Å². The molecule has 2 aromatic carbocycles. The van der Waals surface area contributed by atoms with Crippen LogP contribution in [0.5, 0.6) is 0 Å². The first-order valence-electron chi connectivity index (χ1n) is 7.26. The van der Waals surface area contributed by atoms with E-state index in [1.165, 1.54) is 51.7 Å². The molecule has 1 aliphatic carbocycles. The number of halogens is 1. The zero-order chi connectivity index (χ0) is 14.1. The highest BCUT2D eigenvalue weighted by atomic mass is 79.9. The maximum Gasteiger partial charge on any atom is 0.0516 e. The third-order valence-corrected chi connectivity index (χ3v) is 5.40. The Labute approximate surface area is 129 Å². The maximum atomic E-state index is 3.73. The highest BCUT2D eigenvalue weighted by Crippen LogP contribution is 2.34. The fourth-order valence-corrected chi connectivity index (χ4v) is 3.36. The van der Waals surface area contributed by atoms with Gasteiger partial charge < -0.3 is 5.32 Å². The van der Waals surface area contributed by atoms with E-state index >= 15 is 0 Å². The van der Waals surface area contributed by atoms with Crippen molar-refractivity contribution in [1.29, 1.82) is 0 Å². The molecule has 1 unspecified atom stereocenters. The summed E-state index contributed by atoms with van der Waals surface area (Å²) < 4.78 is 1.21. The Hall–Kier alpha value is -1.28. The zero-order valence-corrected chi connectivity index (χ0v) is 13.6. The van der Waals surface area contributed by atoms with Gasteiger partial charge in [0, 0.05) is 10.2 Å². The van der Waals surface area contributed by atoms with Crippen LogP contribution in [0.2, 0.25) is 0 Å². The van der Waals surface area contributed by atoms with Crippen LogP contribution in [-0.4, -0.2) is 0 Å². The van der Waals surface area contributed by atoms with E-state index in [4.69, 9.17) is 0 Å². The minimum Gasteiger partial charge on any atom is -0.378 e. The Bertz CT molecular complexity index is 610. The summed E-state index contributed by atoms with van der Waals surface area (Å²) in [6, 6.07) is 13.7. The second-order valence-corrected chi connectivity index (χ2v) is 6.50. The number of anilines is 1. The van der Waals surface area contributed by atoms with Crippen LogP contribution in [0.4, 0.5) is 5.69 Å². The van der Waals surface area contributed by atoms with Crippen molar-refractivity contribution < 1.29 is 0 Å². The summed E-state index contributed by atoms with van der Waals surface area (Å²) in [7, 11) is 0. The topological polar surface area (TPSA) is 12.0 Å². The number of fused-ring (bicyclic) bond motifs is 1. The van der Waals surface area contributed by atoms with Crippen molar-refractivity contribution in [2.24, 2.45) is 0 Å². The average molecular weight is 330 g/mol. The first kappa shape index (κ1) is 13.7. The number of aryl methyl sites for hydroxylation is 3. The molecule has 2 aromatic rings. The molecule has 20 heavy (non-hydrogen) atoms. The van der Waals surface area contributed by atoms with Crippen LogP contribution in [-0.2, 0) is 6.42 Å². The molecule has 104 valence electrons. The lowest BCUT2D eigenvalue weighted by Crippen LogP contribution is -2.17. The van der Waals surface area contributed by atoms with Crippen LogP contribution in [0.1, 0.15) is 41.1 Å². The van der Waals surface area contributed by atoms with Crippen LogP contribution in [0.15, 0.2) is 40.9 Å². The standard InChI is InChI=1S/C18H20BrN/c1-12-10-15(11-13(2)18(12)19)20-17-9-5-7-14-6-3-4-8-16(14)17/h3-4,6,8,10-11,17,20H,5,7,9H2,1-2H3. The first-order chi connectivity index (χ1) is 9.65. The Morgan fingerprint density at radius 1 is 1.10 bits per heavy atom. The van der Waals surface area contributed by atoms with Crippen LogP contribution >= 0.6 is 15.9 Å². The molecular weight excluding hydrogens is 310 g/mol. The highest BCUT2D eigenvalue weighted by Gasteiger charge is 2.19. The van der Waals surface area contributed by atoms with Gasteiger partial charge in [-0.05, 0) is 67.5 Å². The van der Waals surface area contributed by atoms with Gasteiger partial charge in [0.2, 0.25) is 0 Å². The van der Waals surface area contributed by atoms with E-state index < -0.39 is 0 Å². The normalized spacial score (nSPS) is 17.6. The van der Waals surface area contributed by atoms with E-state index in [1.807, 2.05) is 0 Å². The average Bonchev–Trinajstić information content (AvgIpc) is 2.45. The SMILES string of the molecule is Cc1cc(NC2CCCc3ccccc32)cc(C)c1Br. The van der Waals surface area contributed by atoms with Gasteiger partial charge in [0.15, 0.2) is 0 Å². The minimum atomic E-state index is 0.444. The quantitative estimate of drug-likeness (QED) is 0.760. The second-order valence-electron chi connectivity index (χ2n) is 5.71. The van der Waals surface area contributed by atoms with E-state index in [0.29, 0.717) is 6.04 Å². The summed E-state index contributed by atoms with van der Waals surface area (Å²) in [5.74, 6) is 0. The second kappa shape index (κ2) is 5.61. The summed E-state index contributed by atoms with van der Waals surface area (Å²) in [6.45, 7) is 4.30. The van der Waals surface area contributed by atoms with Crippen LogP contribution in [0, 0.1) is 13.8 Å². The molecule has 1 aliphatic rings. The maximum absolute atomic E-state index is 3.73. The Balaban J connectivity index is 1.89.